The van der Waals surface area contributed by atoms with E-state index in [2.05, 4.69) is 10.3 Å². The van der Waals surface area contributed by atoms with Crippen LogP contribution in [0.4, 0.5) is 5.69 Å². The third-order valence-electron chi connectivity index (χ3n) is 4.65. The van der Waals surface area contributed by atoms with Crippen molar-refractivity contribution >= 4 is 40.5 Å². The second-order valence-corrected chi connectivity index (χ2v) is 7.91. The number of benzene rings is 2. The average Bonchev–Trinajstić information content (AvgIpc) is 3.08. The Labute approximate surface area is 175 Å². The number of hydrogen-bond donors (Lipinski definition) is 1. The molecular formula is C22H16N2O5S. The van der Waals surface area contributed by atoms with Crippen molar-refractivity contribution < 1.29 is 23.9 Å². The van der Waals surface area contributed by atoms with Gasteiger partial charge >= 0.3 is 5.97 Å². The van der Waals surface area contributed by atoms with E-state index in [1.165, 1.54) is 17.4 Å². The third-order valence-corrected chi connectivity index (χ3v) is 5.70. The highest BCUT2D eigenvalue weighted by Crippen LogP contribution is 2.31. The number of ether oxygens (including phenoxy) is 1. The molecule has 3 aromatic rings. The Bertz CT molecular complexity index is 1230. The summed E-state index contributed by atoms with van der Waals surface area (Å²) in [5.41, 5.74) is 1.73. The second kappa shape index (κ2) is 7.64. The van der Waals surface area contributed by atoms with Crippen LogP contribution in [-0.2, 0) is 9.53 Å². The zero-order chi connectivity index (χ0) is 21.4. The van der Waals surface area contributed by atoms with Crippen LogP contribution in [0.1, 0.15) is 52.2 Å². The molecule has 0 bridgehead atoms. The summed E-state index contributed by atoms with van der Waals surface area (Å²) in [6.07, 6.45) is 0. The molecular weight excluding hydrogens is 404 g/mol. The Kier molecular flexibility index (Phi) is 5.01. The van der Waals surface area contributed by atoms with Gasteiger partial charge in [-0.2, -0.15) is 0 Å². The molecule has 0 radical (unpaired) electrons. The highest BCUT2D eigenvalue weighted by Gasteiger charge is 2.31. The summed E-state index contributed by atoms with van der Waals surface area (Å²) in [6.45, 7) is 2.94. The number of carbonyl (C=O) groups excluding carboxylic acids is 4. The molecule has 4 rings (SSSR count). The fourth-order valence-electron chi connectivity index (χ4n) is 3.35. The molecule has 0 atom stereocenters. The maximum absolute atomic E-state index is 13.0. The molecule has 0 spiro atoms. The molecule has 150 valence electrons. The average molecular weight is 420 g/mol. The Morgan fingerprint density at radius 3 is 2.30 bits per heavy atom. The van der Waals surface area contributed by atoms with Crippen LogP contribution in [0.25, 0.3) is 0 Å². The summed E-state index contributed by atoms with van der Waals surface area (Å²) in [4.78, 5) is 54.7. The molecule has 1 aliphatic carbocycles. The van der Waals surface area contributed by atoms with E-state index in [9.17, 15) is 19.2 Å². The van der Waals surface area contributed by atoms with Crippen LogP contribution in [0.15, 0.2) is 42.5 Å². The number of nitrogens with zero attached hydrogens (tertiary/aromatic N) is 1. The molecule has 1 amide bonds. The van der Waals surface area contributed by atoms with Crippen molar-refractivity contribution in [2.45, 2.75) is 13.8 Å². The summed E-state index contributed by atoms with van der Waals surface area (Å²) in [5, 5.41) is 3.30. The Balaban J connectivity index is 1.53. The Morgan fingerprint density at radius 1 is 0.967 bits per heavy atom. The predicted octanol–water partition coefficient (Wildman–Crippen LogP) is 3.33. The molecule has 0 fully saturated rings. The lowest BCUT2D eigenvalue weighted by molar-refractivity contribution is -0.119. The number of nitrogens with one attached hydrogen (secondary N) is 1. The van der Waals surface area contributed by atoms with Crippen LogP contribution in [0, 0.1) is 13.8 Å². The predicted molar refractivity (Wildman–Crippen MR) is 110 cm³/mol. The van der Waals surface area contributed by atoms with Crippen LogP contribution < -0.4 is 5.32 Å². The van der Waals surface area contributed by atoms with Gasteiger partial charge in [-0.15, -0.1) is 11.3 Å². The maximum atomic E-state index is 13.0. The van der Waals surface area contributed by atoms with Crippen LogP contribution in [0.3, 0.4) is 0 Å². The summed E-state index contributed by atoms with van der Waals surface area (Å²) in [6, 6.07) is 11.2. The lowest BCUT2D eigenvalue weighted by atomic mass is 9.83. The summed E-state index contributed by atoms with van der Waals surface area (Å²) in [5.74, 6) is -1.87. The molecule has 0 saturated heterocycles. The van der Waals surface area contributed by atoms with E-state index in [0.29, 0.717) is 21.7 Å². The zero-order valence-corrected chi connectivity index (χ0v) is 17.0. The molecule has 2 aromatic carbocycles. The number of hydrogen-bond acceptors (Lipinski definition) is 7. The number of amides is 1. The van der Waals surface area contributed by atoms with Gasteiger partial charge in [-0.05, 0) is 19.9 Å². The number of esters is 1. The van der Waals surface area contributed by atoms with Crippen molar-refractivity contribution in [3.63, 3.8) is 0 Å². The van der Waals surface area contributed by atoms with Crippen LogP contribution >= 0.6 is 11.3 Å². The van der Waals surface area contributed by atoms with Crippen molar-refractivity contribution in [3.8, 4) is 0 Å². The van der Waals surface area contributed by atoms with Crippen molar-refractivity contribution in [1.29, 1.82) is 0 Å². The summed E-state index contributed by atoms with van der Waals surface area (Å²) in [7, 11) is 0. The van der Waals surface area contributed by atoms with Gasteiger partial charge in [0.15, 0.2) is 18.2 Å². The molecule has 0 unspecified atom stereocenters. The molecule has 1 aliphatic rings. The number of thiazole rings is 1. The number of fused-ring (bicyclic) bond motifs is 2. The van der Waals surface area contributed by atoms with Gasteiger partial charge < -0.3 is 10.1 Å². The van der Waals surface area contributed by atoms with Gasteiger partial charge in [-0.1, -0.05) is 36.4 Å². The first-order chi connectivity index (χ1) is 14.4. The van der Waals surface area contributed by atoms with Crippen molar-refractivity contribution in [3.05, 3.63) is 80.3 Å². The summed E-state index contributed by atoms with van der Waals surface area (Å²) < 4.78 is 5.07. The van der Waals surface area contributed by atoms with Gasteiger partial charge in [0.2, 0.25) is 0 Å². The highest BCUT2D eigenvalue weighted by atomic mass is 32.1. The first-order valence-electron chi connectivity index (χ1n) is 9.09. The van der Waals surface area contributed by atoms with Gasteiger partial charge in [0, 0.05) is 16.7 Å². The fourth-order valence-corrected chi connectivity index (χ4v) is 4.17. The lowest BCUT2D eigenvalue weighted by Crippen LogP contribution is -2.26. The van der Waals surface area contributed by atoms with Crippen LogP contribution in [-0.4, -0.2) is 35.0 Å². The van der Waals surface area contributed by atoms with Gasteiger partial charge in [0.05, 0.1) is 22.0 Å². The zero-order valence-electron chi connectivity index (χ0n) is 16.1. The number of aromatic nitrogens is 1. The fraction of sp³-hybridized carbons (Fsp3) is 0.136. The van der Waals surface area contributed by atoms with Gasteiger partial charge in [-0.3, -0.25) is 14.4 Å². The van der Waals surface area contributed by atoms with E-state index in [1.54, 1.807) is 50.2 Å². The first kappa shape index (κ1) is 19.7. The van der Waals surface area contributed by atoms with E-state index in [-0.39, 0.29) is 28.4 Å². The first-order valence-corrected chi connectivity index (χ1v) is 9.91. The molecule has 7 nitrogen and oxygen atoms in total. The van der Waals surface area contributed by atoms with E-state index >= 15 is 0 Å². The molecule has 1 N–H and O–H groups in total. The number of anilines is 1. The molecule has 0 aliphatic heterocycles. The Hall–Kier alpha value is -3.65. The van der Waals surface area contributed by atoms with E-state index < -0.39 is 18.5 Å². The minimum absolute atomic E-state index is 0.134. The SMILES string of the molecule is Cc1nc(C)c(C(=O)OCC(=O)Nc2cccc3c2C(=O)c2ccccc2C3=O)s1. The minimum atomic E-state index is -0.636. The highest BCUT2D eigenvalue weighted by molar-refractivity contribution is 7.13. The maximum Gasteiger partial charge on any atom is 0.350 e. The lowest BCUT2D eigenvalue weighted by Gasteiger charge is -2.20. The summed E-state index contributed by atoms with van der Waals surface area (Å²) >= 11 is 1.19. The van der Waals surface area contributed by atoms with E-state index in [4.69, 9.17) is 4.74 Å². The quantitative estimate of drug-likeness (QED) is 0.508. The number of aryl methyl sites for hydroxylation is 2. The van der Waals surface area contributed by atoms with E-state index in [1.807, 2.05) is 0 Å². The Morgan fingerprint density at radius 2 is 1.63 bits per heavy atom. The number of carbonyl (C=O) groups is 4. The van der Waals surface area contributed by atoms with Crippen molar-refractivity contribution in [1.82, 2.24) is 4.98 Å². The largest absolute Gasteiger partial charge is 0.451 e. The number of rotatable bonds is 4. The van der Waals surface area contributed by atoms with Crippen molar-refractivity contribution in [2.75, 3.05) is 11.9 Å². The molecule has 1 heterocycles. The van der Waals surface area contributed by atoms with Gasteiger partial charge in [0.1, 0.15) is 4.88 Å². The molecule has 30 heavy (non-hydrogen) atoms. The standard InChI is InChI=1S/C22H16N2O5S/c1-11-21(30-12(2)23-11)22(28)29-10-17(25)24-16-9-5-8-15-18(16)20(27)14-7-4-3-6-13(14)19(15)26/h3-9H,10H2,1-2H3,(H,24,25). The smallest absolute Gasteiger partial charge is 0.350 e. The van der Waals surface area contributed by atoms with Gasteiger partial charge in [0.25, 0.3) is 5.91 Å². The number of ketones is 2. The van der Waals surface area contributed by atoms with Gasteiger partial charge in [-0.25, -0.2) is 9.78 Å². The third kappa shape index (κ3) is 3.42. The van der Waals surface area contributed by atoms with Crippen LogP contribution in [0.5, 0.6) is 0 Å². The topological polar surface area (TPSA) is 102 Å². The monoisotopic (exact) mass is 420 g/mol. The van der Waals surface area contributed by atoms with Crippen molar-refractivity contribution in [2.24, 2.45) is 0 Å². The minimum Gasteiger partial charge on any atom is -0.451 e. The van der Waals surface area contributed by atoms with E-state index in [0.717, 1.165) is 5.01 Å². The second-order valence-electron chi connectivity index (χ2n) is 6.70. The van der Waals surface area contributed by atoms with Crippen LogP contribution in [0.2, 0.25) is 0 Å². The molecule has 8 heteroatoms. The normalized spacial score (nSPS) is 12.2. The molecule has 1 aromatic heterocycles. The molecule has 0 saturated carbocycles.